The van der Waals surface area contributed by atoms with Crippen LogP contribution in [0.15, 0.2) is 29.2 Å². The second-order valence-corrected chi connectivity index (χ2v) is 5.80. The van der Waals surface area contributed by atoms with E-state index in [4.69, 9.17) is 10.5 Å². The van der Waals surface area contributed by atoms with Gasteiger partial charge in [0, 0.05) is 12.3 Å². The number of amides is 1. The fourth-order valence-corrected chi connectivity index (χ4v) is 2.82. The van der Waals surface area contributed by atoms with Gasteiger partial charge in [-0.1, -0.05) is 6.07 Å². The van der Waals surface area contributed by atoms with Gasteiger partial charge in [-0.3, -0.25) is 9.69 Å². The molecule has 0 atom stereocenters. The smallest absolute Gasteiger partial charge is 0.230 e. The van der Waals surface area contributed by atoms with Gasteiger partial charge in [-0.2, -0.15) is 10.5 Å². The van der Waals surface area contributed by atoms with Crippen LogP contribution in [0.4, 0.5) is 10.8 Å². The number of allylic oxidation sites excluding steroid dienone is 1. The van der Waals surface area contributed by atoms with Crippen LogP contribution in [0.5, 0.6) is 0 Å². The van der Waals surface area contributed by atoms with Gasteiger partial charge in [0.1, 0.15) is 17.7 Å². The fourth-order valence-electron chi connectivity index (χ4n) is 1.97. The lowest BCUT2D eigenvalue weighted by molar-refractivity contribution is -0.115. The van der Waals surface area contributed by atoms with Crippen LogP contribution >= 0.6 is 11.3 Å². The monoisotopic (exact) mass is 322 g/mol. The number of aromatic nitrogens is 1. The maximum Gasteiger partial charge on any atom is 0.230 e. The third-order valence-electron chi connectivity index (χ3n) is 3.30. The Hall–Kier alpha value is -2.96. The zero-order valence-electron chi connectivity index (χ0n) is 13.0. The second kappa shape index (κ2) is 6.87. The molecule has 1 amide bonds. The number of hydrogen-bond donors (Lipinski definition) is 0. The van der Waals surface area contributed by atoms with E-state index in [1.807, 2.05) is 32.0 Å². The quantitative estimate of drug-likeness (QED) is 0.803. The average Bonchev–Trinajstić information content (AvgIpc) is 2.96. The Kier molecular flexibility index (Phi) is 4.90. The van der Waals surface area contributed by atoms with Crippen molar-refractivity contribution in [1.29, 1.82) is 10.5 Å². The van der Waals surface area contributed by atoms with Gasteiger partial charge >= 0.3 is 0 Å². The van der Waals surface area contributed by atoms with Gasteiger partial charge in [-0.15, -0.1) is 11.3 Å². The first kappa shape index (κ1) is 16.4. The number of aryl methyl sites for hydroxylation is 2. The van der Waals surface area contributed by atoms with Crippen molar-refractivity contribution in [2.45, 2.75) is 20.8 Å². The molecule has 0 saturated heterocycles. The van der Waals surface area contributed by atoms with Crippen molar-refractivity contribution in [3.8, 4) is 12.1 Å². The van der Waals surface area contributed by atoms with E-state index in [0.717, 1.165) is 16.8 Å². The van der Waals surface area contributed by atoms with Crippen molar-refractivity contribution in [1.82, 2.24) is 4.98 Å². The van der Waals surface area contributed by atoms with Gasteiger partial charge < -0.3 is 0 Å². The molecular weight excluding hydrogens is 308 g/mol. The highest BCUT2D eigenvalue weighted by Gasteiger charge is 2.18. The topological polar surface area (TPSA) is 80.8 Å². The number of nitrogens with zero attached hydrogens (tertiary/aromatic N) is 4. The van der Waals surface area contributed by atoms with E-state index in [1.165, 1.54) is 29.2 Å². The van der Waals surface area contributed by atoms with Crippen molar-refractivity contribution in [2.24, 2.45) is 0 Å². The Morgan fingerprint density at radius 2 is 1.96 bits per heavy atom. The Morgan fingerprint density at radius 1 is 1.26 bits per heavy atom. The van der Waals surface area contributed by atoms with Crippen LogP contribution < -0.4 is 4.90 Å². The van der Waals surface area contributed by atoms with Crippen molar-refractivity contribution in [2.75, 3.05) is 4.90 Å². The molecule has 1 aromatic heterocycles. The number of thiazole rings is 1. The molecule has 0 spiro atoms. The van der Waals surface area contributed by atoms with E-state index in [1.54, 1.807) is 17.5 Å². The summed E-state index contributed by atoms with van der Waals surface area (Å²) in [5.41, 5.74) is 3.43. The number of carbonyl (C=O) groups excluding carboxylic acids is 1. The van der Waals surface area contributed by atoms with Gasteiger partial charge in [0.25, 0.3) is 0 Å². The first-order valence-electron chi connectivity index (χ1n) is 6.81. The summed E-state index contributed by atoms with van der Waals surface area (Å²) in [6, 6.07) is 9.34. The van der Waals surface area contributed by atoms with Crippen molar-refractivity contribution in [3.63, 3.8) is 0 Å². The van der Waals surface area contributed by atoms with Gasteiger partial charge in [-0.25, -0.2) is 4.98 Å². The summed E-state index contributed by atoms with van der Waals surface area (Å²) in [6.07, 6.45) is 1.40. The van der Waals surface area contributed by atoms with Crippen molar-refractivity contribution < 1.29 is 4.79 Å². The molecule has 1 aromatic carbocycles. The molecule has 0 aliphatic heterocycles. The van der Waals surface area contributed by atoms with Crippen molar-refractivity contribution in [3.05, 3.63) is 46.0 Å². The number of anilines is 2. The molecule has 5 nitrogen and oxygen atoms in total. The predicted octanol–water partition coefficient (Wildman–Crippen LogP) is 3.88. The number of benzene rings is 1. The molecule has 2 aromatic rings. The third kappa shape index (κ3) is 3.63. The number of carbonyl (C=O) groups is 1. The Morgan fingerprint density at radius 3 is 2.52 bits per heavy atom. The summed E-state index contributed by atoms with van der Waals surface area (Å²) in [7, 11) is 0. The molecule has 6 heteroatoms. The molecule has 0 bridgehead atoms. The average molecular weight is 322 g/mol. The molecule has 0 saturated carbocycles. The van der Waals surface area contributed by atoms with Gasteiger partial charge in [-0.05, 0) is 43.2 Å². The maximum absolute atomic E-state index is 12.1. The van der Waals surface area contributed by atoms with Gasteiger partial charge in [0.15, 0.2) is 5.13 Å². The molecule has 23 heavy (non-hydrogen) atoms. The summed E-state index contributed by atoms with van der Waals surface area (Å²) in [6.45, 7) is 5.47. The van der Waals surface area contributed by atoms with E-state index < -0.39 is 0 Å². The minimum absolute atomic E-state index is 0.0256. The molecule has 0 fully saturated rings. The van der Waals surface area contributed by atoms with E-state index in [2.05, 4.69) is 4.98 Å². The standard InChI is InChI=1S/C17H14N4OS/c1-11-4-5-16(6-12(11)2)21(13(3)22)17-20-15(10-23-17)7-14(8-18)9-19/h4-7,10H,1-3H3. The van der Waals surface area contributed by atoms with Crippen molar-refractivity contribution >= 4 is 34.1 Å². The lowest BCUT2D eigenvalue weighted by atomic mass is 10.1. The first-order valence-corrected chi connectivity index (χ1v) is 7.69. The largest absolute Gasteiger partial charge is 0.274 e. The minimum Gasteiger partial charge on any atom is -0.274 e. The lowest BCUT2D eigenvalue weighted by Crippen LogP contribution is -2.22. The SMILES string of the molecule is CC(=O)N(c1ccc(C)c(C)c1)c1nc(C=C(C#N)C#N)cs1. The molecule has 0 aliphatic carbocycles. The Balaban J connectivity index is 2.44. The highest BCUT2D eigenvalue weighted by molar-refractivity contribution is 7.14. The number of rotatable bonds is 3. The zero-order chi connectivity index (χ0) is 17.0. The highest BCUT2D eigenvalue weighted by atomic mass is 32.1. The summed E-state index contributed by atoms with van der Waals surface area (Å²) in [5.74, 6) is -0.154. The Bertz CT molecular complexity index is 851. The van der Waals surface area contributed by atoms with Crippen LogP contribution in [0.25, 0.3) is 6.08 Å². The Labute approximate surface area is 138 Å². The highest BCUT2D eigenvalue weighted by Crippen LogP contribution is 2.30. The molecule has 0 N–H and O–H groups in total. The molecule has 1 heterocycles. The normalized spacial score (nSPS) is 9.61. The molecule has 0 radical (unpaired) electrons. The lowest BCUT2D eigenvalue weighted by Gasteiger charge is -2.19. The van der Waals surface area contributed by atoms with Crippen LogP contribution in [0.2, 0.25) is 0 Å². The summed E-state index contributed by atoms with van der Waals surface area (Å²) >= 11 is 1.28. The van der Waals surface area contributed by atoms with E-state index in [-0.39, 0.29) is 11.5 Å². The minimum atomic E-state index is -0.154. The first-order chi connectivity index (χ1) is 11.0. The molecule has 114 valence electrons. The van der Waals surface area contributed by atoms with Crippen LogP contribution in [0, 0.1) is 36.5 Å². The third-order valence-corrected chi connectivity index (χ3v) is 4.14. The fraction of sp³-hybridized carbons (Fsp3) is 0.176. The molecule has 0 unspecified atom stereocenters. The van der Waals surface area contributed by atoms with E-state index in [9.17, 15) is 4.79 Å². The predicted molar refractivity (Wildman–Crippen MR) is 90.1 cm³/mol. The molecule has 2 rings (SSSR count). The zero-order valence-corrected chi connectivity index (χ0v) is 13.8. The maximum atomic E-state index is 12.1. The van der Waals surface area contributed by atoms with Gasteiger partial charge in [0.2, 0.25) is 5.91 Å². The second-order valence-electron chi connectivity index (χ2n) is 4.96. The van der Waals surface area contributed by atoms with Crippen LogP contribution in [0.1, 0.15) is 23.7 Å². The number of nitriles is 2. The van der Waals surface area contributed by atoms with E-state index >= 15 is 0 Å². The molecule has 0 aliphatic rings. The molecular formula is C17H14N4OS. The van der Waals surface area contributed by atoms with Crippen LogP contribution in [0.3, 0.4) is 0 Å². The van der Waals surface area contributed by atoms with Crippen LogP contribution in [-0.4, -0.2) is 10.9 Å². The summed E-state index contributed by atoms with van der Waals surface area (Å²) < 4.78 is 0. The summed E-state index contributed by atoms with van der Waals surface area (Å²) in [4.78, 5) is 17.9. The number of hydrogen-bond acceptors (Lipinski definition) is 5. The van der Waals surface area contributed by atoms with Crippen LogP contribution in [-0.2, 0) is 4.79 Å². The van der Waals surface area contributed by atoms with E-state index in [0.29, 0.717) is 10.8 Å². The van der Waals surface area contributed by atoms with Gasteiger partial charge in [0.05, 0.1) is 11.4 Å². The summed E-state index contributed by atoms with van der Waals surface area (Å²) in [5, 5.41) is 19.8.